The lowest BCUT2D eigenvalue weighted by atomic mass is 10.0. The van der Waals surface area contributed by atoms with Gasteiger partial charge in [-0.3, -0.25) is 4.79 Å². The molecule has 7 nitrogen and oxygen atoms in total. The van der Waals surface area contributed by atoms with E-state index in [1.807, 2.05) is 25.1 Å². The predicted molar refractivity (Wildman–Crippen MR) is 84.2 cm³/mol. The van der Waals surface area contributed by atoms with Crippen molar-refractivity contribution in [2.24, 2.45) is 0 Å². The van der Waals surface area contributed by atoms with E-state index in [0.29, 0.717) is 11.4 Å². The zero-order valence-electron chi connectivity index (χ0n) is 12.4. The predicted octanol–water partition coefficient (Wildman–Crippen LogP) is 1.82. The maximum absolute atomic E-state index is 12.2. The molecule has 1 amide bonds. The van der Waals surface area contributed by atoms with Gasteiger partial charge in [0, 0.05) is 6.20 Å². The molecule has 3 aromatic rings. The molecule has 1 aromatic carbocycles. The number of anilines is 1. The van der Waals surface area contributed by atoms with Gasteiger partial charge in [-0.05, 0) is 36.2 Å². The van der Waals surface area contributed by atoms with E-state index < -0.39 is 0 Å². The molecule has 0 bridgehead atoms. The van der Waals surface area contributed by atoms with E-state index in [1.54, 1.807) is 29.3 Å². The first kappa shape index (κ1) is 13.4. The number of amides is 1. The van der Waals surface area contributed by atoms with Crippen LogP contribution < -0.4 is 10.6 Å². The number of carbonyl (C=O) groups excluding carboxylic acids is 1. The summed E-state index contributed by atoms with van der Waals surface area (Å²) in [6.07, 6.45) is 4.51. The molecule has 4 rings (SSSR count). The molecule has 7 heteroatoms. The zero-order valence-corrected chi connectivity index (χ0v) is 12.4. The van der Waals surface area contributed by atoms with Gasteiger partial charge in [-0.15, -0.1) is 0 Å². The molecule has 0 radical (unpaired) electrons. The second-order valence-electron chi connectivity index (χ2n) is 5.34. The van der Waals surface area contributed by atoms with Gasteiger partial charge in [0.15, 0.2) is 0 Å². The number of hydrogen-bond donors (Lipinski definition) is 2. The number of nitrogens with one attached hydrogen (secondary N) is 2. The summed E-state index contributed by atoms with van der Waals surface area (Å²) in [6.45, 7) is 2.00. The number of nitrogens with zero attached hydrogens (tertiary/aromatic N) is 4. The fourth-order valence-corrected chi connectivity index (χ4v) is 2.70. The fourth-order valence-electron chi connectivity index (χ4n) is 2.70. The molecule has 0 saturated carbocycles. The van der Waals surface area contributed by atoms with Gasteiger partial charge in [0.25, 0.3) is 5.91 Å². The number of hydrogen-bond acceptors (Lipinski definition) is 5. The summed E-state index contributed by atoms with van der Waals surface area (Å²) >= 11 is 0. The van der Waals surface area contributed by atoms with Gasteiger partial charge in [0.2, 0.25) is 0 Å². The van der Waals surface area contributed by atoms with Crippen LogP contribution in [0.5, 0.6) is 0 Å². The third kappa shape index (κ3) is 2.32. The standard InChI is InChI=1S/C16H14N6O/c1-10-7-11(4-5-13(10)22-9-17-8-19-22)14-20-15-12(16(23)21-14)3-2-6-18-15/h2-9,14H,1H3,(H,18,20)(H,21,23). The first-order valence-electron chi connectivity index (χ1n) is 7.20. The lowest BCUT2D eigenvalue weighted by Crippen LogP contribution is -2.38. The Kier molecular flexibility index (Phi) is 3.04. The van der Waals surface area contributed by atoms with Gasteiger partial charge >= 0.3 is 0 Å². The Morgan fingerprint density at radius 1 is 1.22 bits per heavy atom. The van der Waals surface area contributed by atoms with Crippen molar-refractivity contribution in [2.45, 2.75) is 13.1 Å². The number of benzene rings is 1. The average Bonchev–Trinajstić information content (AvgIpc) is 3.09. The molecule has 2 aromatic heterocycles. The van der Waals surface area contributed by atoms with Crippen LogP contribution in [0.3, 0.4) is 0 Å². The van der Waals surface area contributed by atoms with Crippen molar-refractivity contribution in [1.82, 2.24) is 25.1 Å². The molecular weight excluding hydrogens is 292 g/mol. The van der Waals surface area contributed by atoms with Crippen LogP contribution in [0.1, 0.15) is 27.7 Å². The third-order valence-electron chi connectivity index (χ3n) is 3.83. The van der Waals surface area contributed by atoms with Crippen molar-refractivity contribution < 1.29 is 4.79 Å². The van der Waals surface area contributed by atoms with Gasteiger partial charge in [-0.25, -0.2) is 14.6 Å². The van der Waals surface area contributed by atoms with Crippen LogP contribution in [-0.4, -0.2) is 25.7 Å². The Morgan fingerprint density at radius 3 is 2.91 bits per heavy atom. The number of carbonyl (C=O) groups is 1. The summed E-state index contributed by atoms with van der Waals surface area (Å²) < 4.78 is 1.71. The van der Waals surface area contributed by atoms with Crippen molar-refractivity contribution in [3.05, 3.63) is 65.9 Å². The van der Waals surface area contributed by atoms with E-state index in [9.17, 15) is 4.79 Å². The van der Waals surface area contributed by atoms with Gasteiger partial charge < -0.3 is 10.6 Å². The second kappa shape index (κ2) is 5.20. The molecule has 114 valence electrons. The van der Waals surface area contributed by atoms with Crippen molar-refractivity contribution in [1.29, 1.82) is 0 Å². The maximum Gasteiger partial charge on any atom is 0.256 e. The topological polar surface area (TPSA) is 84.7 Å². The molecule has 1 atom stereocenters. The number of aryl methyl sites for hydroxylation is 1. The van der Waals surface area contributed by atoms with Gasteiger partial charge in [0.1, 0.15) is 24.6 Å². The largest absolute Gasteiger partial charge is 0.346 e. The Balaban J connectivity index is 1.67. The summed E-state index contributed by atoms with van der Waals surface area (Å²) in [5.74, 6) is 0.467. The van der Waals surface area contributed by atoms with E-state index >= 15 is 0 Å². The van der Waals surface area contributed by atoms with E-state index in [2.05, 4.69) is 25.7 Å². The molecule has 0 saturated heterocycles. The molecule has 1 aliphatic heterocycles. The molecule has 3 heterocycles. The smallest absolute Gasteiger partial charge is 0.256 e. The van der Waals surface area contributed by atoms with Crippen molar-refractivity contribution in [2.75, 3.05) is 5.32 Å². The monoisotopic (exact) mass is 306 g/mol. The summed E-state index contributed by atoms with van der Waals surface area (Å²) in [4.78, 5) is 20.4. The number of aromatic nitrogens is 4. The van der Waals surface area contributed by atoms with Crippen molar-refractivity contribution >= 4 is 11.7 Å². The van der Waals surface area contributed by atoms with Crippen LogP contribution in [0.25, 0.3) is 5.69 Å². The van der Waals surface area contributed by atoms with E-state index in [1.165, 1.54) is 6.33 Å². The molecular formula is C16H14N6O. The van der Waals surface area contributed by atoms with Crippen LogP contribution in [-0.2, 0) is 0 Å². The Labute approximate surface area is 132 Å². The van der Waals surface area contributed by atoms with Gasteiger partial charge in [-0.2, -0.15) is 5.10 Å². The molecule has 1 aliphatic rings. The Morgan fingerprint density at radius 2 is 2.13 bits per heavy atom. The summed E-state index contributed by atoms with van der Waals surface area (Å²) in [5, 5.41) is 10.3. The summed E-state index contributed by atoms with van der Waals surface area (Å²) in [6, 6.07) is 9.43. The van der Waals surface area contributed by atoms with Crippen LogP contribution in [0.2, 0.25) is 0 Å². The quantitative estimate of drug-likeness (QED) is 0.754. The highest BCUT2D eigenvalue weighted by molar-refractivity contribution is 6.00. The van der Waals surface area contributed by atoms with Crippen molar-refractivity contribution in [3.63, 3.8) is 0 Å². The lowest BCUT2D eigenvalue weighted by molar-refractivity contribution is 0.0935. The van der Waals surface area contributed by atoms with Gasteiger partial charge in [0.05, 0.1) is 11.3 Å². The SMILES string of the molecule is Cc1cc(C2NC(=O)c3cccnc3N2)ccc1-n1cncn1. The van der Waals surface area contributed by atoms with Crippen LogP contribution in [0.15, 0.2) is 49.2 Å². The van der Waals surface area contributed by atoms with Crippen molar-refractivity contribution in [3.8, 4) is 5.69 Å². The summed E-state index contributed by atoms with van der Waals surface area (Å²) in [7, 11) is 0. The molecule has 0 aliphatic carbocycles. The average molecular weight is 306 g/mol. The van der Waals surface area contributed by atoms with Crippen LogP contribution in [0.4, 0.5) is 5.82 Å². The van der Waals surface area contributed by atoms with E-state index in [-0.39, 0.29) is 12.1 Å². The van der Waals surface area contributed by atoms with E-state index in [0.717, 1.165) is 16.8 Å². The Bertz CT molecular complexity index is 874. The lowest BCUT2D eigenvalue weighted by Gasteiger charge is -2.27. The zero-order chi connectivity index (χ0) is 15.8. The Hall–Kier alpha value is -3.22. The molecule has 2 N–H and O–H groups in total. The fraction of sp³-hybridized carbons (Fsp3) is 0.125. The minimum atomic E-state index is -0.312. The third-order valence-corrected chi connectivity index (χ3v) is 3.83. The van der Waals surface area contributed by atoms with Crippen LogP contribution >= 0.6 is 0 Å². The molecule has 0 fully saturated rings. The highest BCUT2D eigenvalue weighted by Crippen LogP contribution is 2.26. The normalized spacial score (nSPS) is 16.4. The number of rotatable bonds is 2. The minimum absolute atomic E-state index is 0.130. The molecule has 0 spiro atoms. The highest BCUT2D eigenvalue weighted by atomic mass is 16.2. The maximum atomic E-state index is 12.2. The van der Waals surface area contributed by atoms with Crippen LogP contribution in [0, 0.1) is 6.92 Å². The number of fused-ring (bicyclic) bond motifs is 1. The molecule has 1 unspecified atom stereocenters. The molecule has 23 heavy (non-hydrogen) atoms. The van der Waals surface area contributed by atoms with E-state index in [4.69, 9.17) is 0 Å². The first-order chi connectivity index (χ1) is 11.2. The summed E-state index contributed by atoms with van der Waals surface area (Å²) in [5.41, 5.74) is 3.50. The number of pyridine rings is 1. The minimum Gasteiger partial charge on any atom is -0.346 e. The second-order valence-corrected chi connectivity index (χ2v) is 5.34. The highest BCUT2D eigenvalue weighted by Gasteiger charge is 2.25. The first-order valence-corrected chi connectivity index (χ1v) is 7.20. The van der Waals surface area contributed by atoms with Gasteiger partial charge in [-0.1, -0.05) is 12.1 Å².